The molecule has 0 saturated carbocycles. The number of primary amides is 1. The molecule has 2 aromatic carbocycles. The van der Waals surface area contributed by atoms with Gasteiger partial charge in [0.2, 0.25) is 5.91 Å². The zero-order chi connectivity index (χ0) is 29.1. The molecule has 0 bridgehead atoms. The molecule has 2 aliphatic heterocycles. The summed E-state index contributed by atoms with van der Waals surface area (Å²) in [7, 11) is 1.61. The highest BCUT2D eigenvalue weighted by Gasteiger charge is 2.54. The standard InChI is InChI=1S/C28H32ClN5O6/c1-27(2,40-26(30)38)24(36)31-21(16-39-20-11-9-19(29)10-12-20)23(35)34-14-13-22-28(17-34,25(37)33(3)32-22)15-18-7-5-4-6-8-18/h4-12,21H,13-17H2,1-3H3,(H2,30,38)(H,31,36)/t21?,28-/m1/s1. The van der Waals surface area contributed by atoms with Gasteiger partial charge in [0.25, 0.3) is 11.8 Å². The number of carbonyl (C=O) groups is 4. The van der Waals surface area contributed by atoms with Crippen LogP contribution >= 0.6 is 11.6 Å². The predicted molar refractivity (Wildman–Crippen MR) is 148 cm³/mol. The lowest BCUT2D eigenvalue weighted by molar-refractivity contribution is -0.145. The van der Waals surface area contributed by atoms with Crippen molar-refractivity contribution in [2.45, 2.75) is 38.3 Å². The lowest BCUT2D eigenvalue weighted by atomic mass is 9.73. The number of halogens is 1. The third-order valence-corrected chi connectivity index (χ3v) is 7.25. The third kappa shape index (κ3) is 6.20. The molecule has 0 radical (unpaired) electrons. The first kappa shape index (κ1) is 28.9. The number of piperidine rings is 1. The van der Waals surface area contributed by atoms with Gasteiger partial charge in [0.1, 0.15) is 23.8 Å². The Hall–Kier alpha value is -4.12. The Morgan fingerprint density at radius 2 is 1.82 bits per heavy atom. The van der Waals surface area contributed by atoms with Gasteiger partial charge in [-0.2, -0.15) is 5.10 Å². The minimum absolute atomic E-state index is 0.0806. The number of carbonyl (C=O) groups excluding carboxylic acids is 4. The van der Waals surface area contributed by atoms with Gasteiger partial charge in [0.05, 0.1) is 5.71 Å². The summed E-state index contributed by atoms with van der Waals surface area (Å²) >= 11 is 5.96. The van der Waals surface area contributed by atoms with Gasteiger partial charge < -0.3 is 25.4 Å². The molecule has 12 heteroatoms. The molecule has 1 unspecified atom stereocenters. The molecule has 0 aromatic heterocycles. The van der Waals surface area contributed by atoms with E-state index in [-0.39, 0.29) is 19.1 Å². The van der Waals surface area contributed by atoms with E-state index in [1.165, 1.54) is 18.9 Å². The van der Waals surface area contributed by atoms with Crippen molar-refractivity contribution in [1.29, 1.82) is 0 Å². The van der Waals surface area contributed by atoms with Crippen LogP contribution in [-0.2, 0) is 25.5 Å². The fraction of sp³-hybridized carbons (Fsp3) is 0.393. The maximum atomic E-state index is 13.9. The Morgan fingerprint density at radius 1 is 1.15 bits per heavy atom. The summed E-state index contributed by atoms with van der Waals surface area (Å²) in [6, 6.07) is 14.9. The van der Waals surface area contributed by atoms with Gasteiger partial charge in [-0.15, -0.1) is 0 Å². The maximum Gasteiger partial charge on any atom is 0.405 e. The normalized spacial score (nSPS) is 19.4. The summed E-state index contributed by atoms with van der Waals surface area (Å²) in [5, 5.41) is 8.98. The average molecular weight is 570 g/mol. The van der Waals surface area contributed by atoms with Crippen LogP contribution in [0, 0.1) is 5.41 Å². The van der Waals surface area contributed by atoms with Crippen LogP contribution < -0.4 is 15.8 Å². The van der Waals surface area contributed by atoms with Crippen LogP contribution in [0.15, 0.2) is 59.7 Å². The highest BCUT2D eigenvalue weighted by atomic mass is 35.5. The molecule has 2 heterocycles. The second kappa shape index (κ2) is 11.5. The Balaban J connectivity index is 1.59. The zero-order valence-electron chi connectivity index (χ0n) is 22.6. The zero-order valence-corrected chi connectivity index (χ0v) is 23.3. The summed E-state index contributed by atoms with van der Waals surface area (Å²) in [4.78, 5) is 53.4. The van der Waals surface area contributed by atoms with E-state index in [9.17, 15) is 19.2 Å². The summed E-state index contributed by atoms with van der Waals surface area (Å²) in [6.07, 6.45) is -0.365. The van der Waals surface area contributed by atoms with Crippen molar-refractivity contribution in [3.63, 3.8) is 0 Å². The number of hydrogen-bond donors (Lipinski definition) is 2. The fourth-order valence-corrected chi connectivity index (χ4v) is 5.08. The summed E-state index contributed by atoms with van der Waals surface area (Å²) in [5.41, 5.74) is 4.12. The molecule has 11 nitrogen and oxygen atoms in total. The van der Waals surface area contributed by atoms with Crippen LogP contribution in [0.5, 0.6) is 5.75 Å². The molecule has 0 aliphatic carbocycles. The lowest BCUT2D eigenvalue weighted by Gasteiger charge is -2.40. The van der Waals surface area contributed by atoms with Gasteiger partial charge in [0, 0.05) is 31.6 Å². The van der Waals surface area contributed by atoms with Gasteiger partial charge in [-0.1, -0.05) is 41.9 Å². The van der Waals surface area contributed by atoms with Gasteiger partial charge in [-0.25, -0.2) is 9.80 Å². The Morgan fingerprint density at radius 3 is 2.48 bits per heavy atom. The number of amides is 4. The molecule has 2 aromatic rings. The SMILES string of the molecule is CN1N=C2CCN(C(=O)C(COc3ccc(Cl)cc3)NC(=O)C(C)(C)OC(N)=O)C[C@@]2(Cc2ccccc2)C1=O. The number of benzene rings is 2. The quantitative estimate of drug-likeness (QED) is 0.474. The first-order chi connectivity index (χ1) is 18.9. The summed E-state index contributed by atoms with van der Waals surface area (Å²) in [5.74, 6) is -0.950. The van der Waals surface area contributed by atoms with Gasteiger partial charge in [0.15, 0.2) is 5.60 Å². The van der Waals surface area contributed by atoms with E-state index in [4.69, 9.17) is 26.8 Å². The topological polar surface area (TPSA) is 144 Å². The van der Waals surface area contributed by atoms with E-state index in [0.29, 0.717) is 30.2 Å². The number of nitrogens with zero attached hydrogens (tertiary/aromatic N) is 3. The number of rotatable bonds is 9. The molecule has 212 valence electrons. The number of fused-ring (bicyclic) bond motifs is 1. The van der Waals surface area contributed by atoms with E-state index in [1.807, 2.05) is 30.3 Å². The minimum atomic E-state index is -1.65. The molecule has 0 spiro atoms. The number of nitrogens with one attached hydrogen (secondary N) is 1. The third-order valence-electron chi connectivity index (χ3n) is 7.00. The predicted octanol–water partition coefficient (Wildman–Crippen LogP) is 2.37. The molecular weight excluding hydrogens is 538 g/mol. The number of nitrogens with two attached hydrogens (primary N) is 1. The molecule has 1 saturated heterocycles. The van der Waals surface area contributed by atoms with Crippen LogP contribution in [0.25, 0.3) is 0 Å². The summed E-state index contributed by atoms with van der Waals surface area (Å²) < 4.78 is 10.8. The van der Waals surface area contributed by atoms with Crippen LogP contribution in [0.1, 0.15) is 25.8 Å². The number of likely N-dealkylation sites (tertiary alicyclic amines) is 1. The van der Waals surface area contributed by atoms with E-state index in [1.54, 1.807) is 36.2 Å². The van der Waals surface area contributed by atoms with Gasteiger partial charge in [-0.3, -0.25) is 14.4 Å². The van der Waals surface area contributed by atoms with Crippen LogP contribution in [0.3, 0.4) is 0 Å². The highest BCUT2D eigenvalue weighted by Crippen LogP contribution is 2.38. The molecule has 3 N–H and O–H groups in total. The molecule has 1 fully saturated rings. The molecule has 4 rings (SSSR count). The lowest BCUT2D eigenvalue weighted by Crippen LogP contribution is -2.61. The average Bonchev–Trinajstić information content (AvgIpc) is 3.15. The second-order valence-corrected chi connectivity index (χ2v) is 10.8. The molecular formula is C28H32ClN5O6. The van der Waals surface area contributed by atoms with Crippen molar-refractivity contribution < 1.29 is 28.7 Å². The van der Waals surface area contributed by atoms with Crippen molar-refractivity contribution in [3.05, 3.63) is 65.2 Å². The molecule has 40 heavy (non-hydrogen) atoms. The number of hydrazone groups is 1. The van der Waals surface area contributed by atoms with E-state index < -0.39 is 35.0 Å². The van der Waals surface area contributed by atoms with Crippen molar-refractivity contribution in [2.24, 2.45) is 16.3 Å². The van der Waals surface area contributed by atoms with Crippen LogP contribution in [0.2, 0.25) is 5.02 Å². The second-order valence-electron chi connectivity index (χ2n) is 10.4. The molecule has 2 aliphatic rings. The molecule has 2 atom stereocenters. The Bertz CT molecular complexity index is 1320. The van der Waals surface area contributed by atoms with Crippen molar-refractivity contribution in [2.75, 3.05) is 26.7 Å². The van der Waals surface area contributed by atoms with Gasteiger partial charge in [-0.05, 0) is 50.1 Å². The Labute approximate surface area is 237 Å². The molecule has 4 amide bonds. The van der Waals surface area contributed by atoms with Crippen LogP contribution in [0.4, 0.5) is 4.79 Å². The van der Waals surface area contributed by atoms with Crippen LogP contribution in [-0.4, -0.2) is 77.8 Å². The first-order valence-electron chi connectivity index (χ1n) is 12.8. The van der Waals surface area contributed by atoms with Crippen molar-refractivity contribution in [1.82, 2.24) is 15.2 Å². The van der Waals surface area contributed by atoms with Crippen molar-refractivity contribution in [3.8, 4) is 5.75 Å². The largest absolute Gasteiger partial charge is 0.491 e. The van der Waals surface area contributed by atoms with E-state index >= 15 is 0 Å². The maximum absolute atomic E-state index is 13.9. The minimum Gasteiger partial charge on any atom is -0.491 e. The van der Waals surface area contributed by atoms with E-state index in [2.05, 4.69) is 10.4 Å². The van der Waals surface area contributed by atoms with Crippen molar-refractivity contribution >= 4 is 41.1 Å². The number of ether oxygens (including phenoxy) is 2. The monoisotopic (exact) mass is 569 g/mol. The summed E-state index contributed by atoms with van der Waals surface area (Å²) in [6.45, 7) is 2.87. The first-order valence-corrected chi connectivity index (χ1v) is 13.2. The highest BCUT2D eigenvalue weighted by molar-refractivity contribution is 6.30. The smallest absolute Gasteiger partial charge is 0.405 e. The van der Waals surface area contributed by atoms with Gasteiger partial charge >= 0.3 is 6.09 Å². The number of hydrogen-bond acceptors (Lipinski definition) is 7. The Kier molecular flexibility index (Phi) is 8.34. The van der Waals surface area contributed by atoms with E-state index in [0.717, 1.165) is 11.3 Å². The fourth-order valence-electron chi connectivity index (χ4n) is 4.95.